The van der Waals surface area contributed by atoms with Crippen molar-refractivity contribution < 1.29 is 61.1 Å². The van der Waals surface area contributed by atoms with Crippen molar-refractivity contribution in [1.29, 1.82) is 0 Å². The van der Waals surface area contributed by atoms with E-state index in [1.807, 2.05) is 101 Å². The Morgan fingerprint density at radius 1 is 0.450 bits per heavy atom. The molecular formula is C62H59N5O9S4+4. The van der Waals surface area contributed by atoms with Gasteiger partial charge in [-0.25, -0.2) is 18.3 Å². The van der Waals surface area contributed by atoms with E-state index in [0.29, 0.717) is 88.2 Å². The van der Waals surface area contributed by atoms with Crippen molar-refractivity contribution in [3.63, 3.8) is 0 Å². The molecule has 406 valence electrons. The number of ether oxygens (including phenoxy) is 6. The Hall–Kier alpha value is -6.87. The van der Waals surface area contributed by atoms with E-state index in [2.05, 4.69) is 93.3 Å². The van der Waals surface area contributed by atoms with Crippen LogP contribution >= 0.6 is 47.0 Å². The predicted molar refractivity (Wildman–Crippen MR) is 309 cm³/mol. The molecule has 18 heteroatoms. The summed E-state index contributed by atoms with van der Waals surface area (Å²) in [6.07, 6.45) is 16.3. The molecule has 0 fully saturated rings. The zero-order valence-corrected chi connectivity index (χ0v) is 47.2. The van der Waals surface area contributed by atoms with Gasteiger partial charge in [-0.2, -0.15) is 0 Å². The lowest BCUT2D eigenvalue weighted by Crippen LogP contribution is -2.37. The van der Waals surface area contributed by atoms with Crippen LogP contribution in [0.3, 0.4) is 0 Å². The first kappa shape index (κ1) is 55.1. The molecule has 19 aliphatic heterocycles. The van der Waals surface area contributed by atoms with Gasteiger partial charge in [0.2, 0.25) is 0 Å². The van der Waals surface area contributed by atoms with Crippen LogP contribution in [0.15, 0.2) is 194 Å². The molecule has 0 saturated carbocycles. The molecule has 7 aromatic rings. The number of carbonyl (C=O) groups excluding carboxylic acids is 3. The normalized spacial score (nSPS) is 15.7. The van der Waals surface area contributed by atoms with Crippen LogP contribution in [-0.2, 0) is 54.7 Å². The fraction of sp³-hybridized carbons (Fsp3) is 0.242. The summed E-state index contributed by atoms with van der Waals surface area (Å²) in [5.74, 6) is -0.916. The number of carbonyl (C=O) groups is 3. The molecule has 0 spiro atoms. The highest BCUT2D eigenvalue weighted by Crippen LogP contribution is 2.55. The summed E-state index contributed by atoms with van der Waals surface area (Å²) in [6.45, 7) is 5.45. The maximum atomic E-state index is 14.4. The highest BCUT2D eigenvalue weighted by molar-refractivity contribution is 8.33. The molecule has 12 bridgehead atoms. The minimum Gasteiger partial charge on any atom is -0.491 e. The number of aromatic nitrogens is 4. The van der Waals surface area contributed by atoms with Crippen molar-refractivity contribution in [2.75, 3.05) is 72.6 Å². The molecule has 0 radical (unpaired) electrons. The Balaban J connectivity index is 0.646. The lowest BCUT2D eigenvalue weighted by molar-refractivity contribution is -0.689. The third-order valence-electron chi connectivity index (χ3n) is 13.4. The summed E-state index contributed by atoms with van der Waals surface area (Å²) in [6, 6.07) is 38.9. The molecule has 0 unspecified atom stereocenters. The summed E-state index contributed by atoms with van der Waals surface area (Å²) >= 11 is 6.86. The molecule has 0 atom stereocenters. The van der Waals surface area contributed by atoms with E-state index >= 15 is 0 Å². The SMILES string of the molecule is O=C(CN1C(=O)c2c3ccc(c2C1=O)C[n+]1ccc(cc1)-c1cc[n+](cc1)Cc1ccc(cc1)C[n+]1ccc(cc1)-c1cc[n+](cc1)C3)OCCOCCOCC1=CS/C(=C2\SC=C(COCCOCCOc3ccccc3)S2)S1. The van der Waals surface area contributed by atoms with Gasteiger partial charge in [0.05, 0.1) is 72.5 Å². The van der Waals surface area contributed by atoms with E-state index in [1.54, 1.807) is 47.0 Å². The van der Waals surface area contributed by atoms with Crippen molar-refractivity contribution in [1.82, 2.24) is 4.90 Å². The number of pyridine rings is 4. The number of imide groups is 1. The number of para-hydroxylation sites is 1. The Kier molecular flexibility index (Phi) is 18.6. The average molecular weight is 1150 g/mol. The Labute approximate surface area is 482 Å². The van der Waals surface area contributed by atoms with Crippen LogP contribution in [-0.4, -0.2) is 95.3 Å². The lowest BCUT2D eigenvalue weighted by Gasteiger charge is -2.13. The van der Waals surface area contributed by atoms with Gasteiger partial charge in [-0.15, -0.1) is 0 Å². The molecule has 0 saturated heterocycles. The minimum atomic E-state index is -0.700. The molecule has 80 heavy (non-hydrogen) atoms. The van der Waals surface area contributed by atoms with Crippen LogP contribution in [0, 0.1) is 0 Å². The number of hydrogen-bond acceptors (Lipinski definition) is 13. The average Bonchev–Trinajstić information content (AvgIpc) is 4.28. The van der Waals surface area contributed by atoms with Crippen LogP contribution in [0.2, 0.25) is 0 Å². The highest BCUT2D eigenvalue weighted by atomic mass is 32.2. The molecule has 2 amide bonds. The number of benzene rings is 3. The zero-order valence-electron chi connectivity index (χ0n) is 43.9. The smallest absolute Gasteiger partial charge is 0.326 e. The number of amides is 2. The second kappa shape index (κ2) is 27.1. The molecule has 19 aliphatic rings. The minimum absolute atomic E-state index is 0.0405. The van der Waals surface area contributed by atoms with Gasteiger partial charge in [-0.1, -0.05) is 102 Å². The first-order valence-corrected chi connectivity index (χ1v) is 29.8. The fourth-order valence-electron chi connectivity index (χ4n) is 9.32. The van der Waals surface area contributed by atoms with Gasteiger partial charge in [0.15, 0.2) is 75.8 Å². The molecule has 23 heterocycles. The number of rotatable bonds is 19. The topological polar surface area (TPSA) is 125 Å². The van der Waals surface area contributed by atoms with Crippen LogP contribution < -0.4 is 23.0 Å². The van der Waals surface area contributed by atoms with Crippen LogP contribution in [0.25, 0.3) is 22.3 Å². The van der Waals surface area contributed by atoms with Gasteiger partial charge in [-0.05, 0) is 45.2 Å². The summed E-state index contributed by atoms with van der Waals surface area (Å²) in [5.41, 5.74) is 8.64. The maximum absolute atomic E-state index is 14.4. The molecule has 26 rings (SSSR count). The van der Waals surface area contributed by atoms with E-state index in [9.17, 15) is 14.4 Å². The largest absolute Gasteiger partial charge is 0.491 e. The third-order valence-corrected chi connectivity index (χ3v) is 18.8. The standard InChI is InChI=1S/C62H59N5O9S4/c68-56(76-35-33-72-29-31-74-42-55-44-78-62(80-55)61-77-43-54(79-61)41-73-30-28-71-32-34-75-53-4-2-1-3-5-53)40-67-59(69)57-51-10-11-52(58(57)60(67)70)39-66-26-18-50(19-27-66)48-14-22-64(23-15-48)37-46-7-6-45(8-9-46)36-63-20-12-47(13-21-63)49-16-24-65(38-51)25-17-49/h1-27,43-44H,28-42H2/q+4/b62-61-. The fourth-order valence-corrected chi connectivity index (χ4v) is 14.1. The van der Waals surface area contributed by atoms with Crippen molar-refractivity contribution in [3.8, 4) is 28.0 Å². The summed E-state index contributed by atoms with van der Waals surface area (Å²) < 4.78 is 45.0. The van der Waals surface area contributed by atoms with E-state index < -0.39 is 24.3 Å². The van der Waals surface area contributed by atoms with Gasteiger partial charge < -0.3 is 28.4 Å². The Morgan fingerprint density at radius 2 is 0.850 bits per heavy atom. The quantitative estimate of drug-likeness (QED) is 0.0332. The zero-order chi connectivity index (χ0) is 54.5. The van der Waals surface area contributed by atoms with Crippen molar-refractivity contribution >= 4 is 64.8 Å². The van der Waals surface area contributed by atoms with Crippen molar-refractivity contribution in [3.05, 3.63) is 227 Å². The summed E-state index contributed by atoms with van der Waals surface area (Å²) in [7, 11) is 0. The number of nitrogens with zero attached hydrogens (tertiary/aromatic N) is 5. The van der Waals surface area contributed by atoms with E-state index in [4.69, 9.17) is 28.4 Å². The Bertz CT molecular complexity index is 3260. The molecule has 0 aliphatic carbocycles. The van der Waals surface area contributed by atoms with Crippen molar-refractivity contribution in [2.24, 2.45) is 0 Å². The molecule has 3 aromatic carbocycles. The molecule has 4 aromatic heterocycles. The van der Waals surface area contributed by atoms with E-state index in [0.717, 1.165) is 50.9 Å². The van der Waals surface area contributed by atoms with Gasteiger partial charge in [0.25, 0.3) is 11.8 Å². The number of esters is 1. The molecule has 14 nitrogen and oxygen atoms in total. The van der Waals surface area contributed by atoms with Gasteiger partial charge >= 0.3 is 5.97 Å². The third kappa shape index (κ3) is 14.4. The highest BCUT2D eigenvalue weighted by Gasteiger charge is 2.42. The number of thioether (sulfide) groups is 4. The number of hydrogen-bond donors (Lipinski definition) is 0. The summed E-state index contributed by atoms with van der Waals surface area (Å²) in [4.78, 5) is 45.3. The summed E-state index contributed by atoms with van der Waals surface area (Å²) in [5, 5.41) is 4.26. The van der Waals surface area contributed by atoms with Crippen LogP contribution in [0.4, 0.5) is 0 Å². The van der Waals surface area contributed by atoms with Crippen molar-refractivity contribution in [2.45, 2.75) is 26.2 Å². The van der Waals surface area contributed by atoms with Crippen LogP contribution in [0.5, 0.6) is 5.75 Å². The van der Waals surface area contributed by atoms with Gasteiger partial charge in [0.1, 0.15) is 25.5 Å². The van der Waals surface area contributed by atoms with Gasteiger partial charge in [0, 0.05) is 80.6 Å². The van der Waals surface area contributed by atoms with Crippen LogP contribution in [0.1, 0.15) is 43.0 Å². The van der Waals surface area contributed by atoms with E-state index in [-0.39, 0.29) is 13.2 Å². The predicted octanol–water partition coefficient (Wildman–Crippen LogP) is 8.73. The molecular weight excluding hydrogens is 1090 g/mol. The first-order valence-electron chi connectivity index (χ1n) is 26.4. The second-order valence-corrected chi connectivity index (χ2v) is 23.6. The maximum Gasteiger partial charge on any atom is 0.326 e. The van der Waals surface area contributed by atoms with Gasteiger partial charge in [-0.3, -0.25) is 19.3 Å². The monoisotopic (exact) mass is 1150 g/mol. The second-order valence-electron chi connectivity index (χ2n) is 19.1. The first-order chi connectivity index (χ1) is 39.3. The van der Waals surface area contributed by atoms with E-state index in [1.165, 1.54) is 24.5 Å². The molecule has 0 N–H and O–H groups in total. The lowest BCUT2D eigenvalue weighted by atomic mass is 9.97. The Morgan fingerprint density at radius 3 is 1.30 bits per heavy atom.